The fraction of sp³-hybridized carbons (Fsp3) is 0.538. The lowest BCUT2D eigenvalue weighted by Crippen LogP contribution is -2.47. The third kappa shape index (κ3) is 1.95. The fourth-order valence-corrected chi connectivity index (χ4v) is 3.11. The Morgan fingerprint density at radius 3 is 2.94 bits per heavy atom. The molecule has 1 fully saturated rings. The fourth-order valence-electron chi connectivity index (χ4n) is 3.11. The summed E-state index contributed by atoms with van der Waals surface area (Å²) in [5, 5.41) is 1.74. The Labute approximate surface area is 105 Å². The Balaban J connectivity index is 1.90. The number of hydroxylamine groups is 2. The van der Waals surface area contributed by atoms with E-state index in [9.17, 15) is 9.59 Å². The van der Waals surface area contributed by atoms with Gasteiger partial charge in [0.2, 0.25) is 0 Å². The van der Waals surface area contributed by atoms with Gasteiger partial charge < -0.3 is 9.40 Å². The minimum Gasteiger partial charge on any atom is -0.368 e. The van der Waals surface area contributed by atoms with Crippen LogP contribution < -0.4 is 5.56 Å². The van der Waals surface area contributed by atoms with Crippen LogP contribution in [0.3, 0.4) is 0 Å². The van der Waals surface area contributed by atoms with Crippen LogP contribution in [0.2, 0.25) is 0 Å². The second-order valence-corrected chi connectivity index (χ2v) is 5.13. The summed E-state index contributed by atoms with van der Waals surface area (Å²) in [6.07, 6.45) is 1.07. The predicted molar refractivity (Wildman–Crippen MR) is 64.9 cm³/mol. The van der Waals surface area contributed by atoms with Gasteiger partial charge in [0, 0.05) is 44.2 Å². The van der Waals surface area contributed by atoms with E-state index in [1.54, 1.807) is 17.2 Å². The SMILES string of the molecule is CC(=O)ON1C[C@@H]2C[C@H](C1)c1cccc(=O)n1C2. The van der Waals surface area contributed by atoms with Crippen molar-refractivity contribution < 1.29 is 9.63 Å². The zero-order valence-electron chi connectivity index (χ0n) is 10.3. The highest BCUT2D eigenvalue weighted by Crippen LogP contribution is 2.34. The molecule has 2 aliphatic heterocycles. The molecule has 0 aliphatic carbocycles. The Hall–Kier alpha value is -1.62. The van der Waals surface area contributed by atoms with E-state index in [4.69, 9.17) is 4.84 Å². The van der Waals surface area contributed by atoms with Crippen LogP contribution >= 0.6 is 0 Å². The Bertz CT molecular complexity index is 537. The predicted octanol–water partition coefficient (Wildman–Crippen LogP) is 0.745. The maximum Gasteiger partial charge on any atom is 0.322 e. The molecule has 18 heavy (non-hydrogen) atoms. The van der Waals surface area contributed by atoms with E-state index < -0.39 is 0 Å². The van der Waals surface area contributed by atoms with Crippen molar-refractivity contribution in [3.05, 3.63) is 34.2 Å². The van der Waals surface area contributed by atoms with E-state index in [0.29, 0.717) is 12.5 Å². The maximum absolute atomic E-state index is 11.8. The van der Waals surface area contributed by atoms with Crippen LogP contribution in [0.25, 0.3) is 0 Å². The average Bonchev–Trinajstić information content (AvgIpc) is 2.29. The highest BCUT2D eigenvalue weighted by atomic mass is 16.7. The number of carbonyl (C=O) groups is 1. The van der Waals surface area contributed by atoms with Crippen molar-refractivity contribution in [1.82, 2.24) is 9.63 Å². The molecule has 0 radical (unpaired) electrons. The summed E-state index contributed by atoms with van der Waals surface area (Å²) < 4.78 is 1.87. The van der Waals surface area contributed by atoms with Crippen LogP contribution in [-0.4, -0.2) is 28.7 Å². The standard InChI is InChI=1S/C13H16N2O3/c1-9(16)18-14-6-10-5-11(8-14)12-3-2-4-13(17)15(12)7-10/h2-4,10-11H,5-8H2,1H3/t10-,11+/m0/s1. The van der Waals surface area contributed by atoms with E-state index in [1.807, 2.05) is 10.6 Å². The van der Waals surface area contributed by atoms with Gasteiger partial charge in [0.15, 0.2) is 0 Å². The van der Waals surface area contributed by atoms with Crippen LogP contribution in [0.1, 0.15) is 25.0 Å². The normalized spacial score (nSPS) is 26.5. The lowest BCUT2D eigenvalue weighted by molar-refractivity contribution is -0.199. The van der Waals surface area contributed by atoms with Crippen LogP contribution in [0.4, 0.5) is 0 Å². The molecule has 1 aromatic heterocycles. The molecule has 0 spiro atoms. The Morgan fingerprint density at radius 1 is 1.33 bits per heavy atom. The van der Waals surface area contributed by atoms with Gasteiger partial charge in [0.05, 0.1) is 0 Å². The maximum atomic E-state index is 11.8. The summed E-state index contributed by atoms with van der Waals surface area (Å²) in [5.74, 6) is 0.391. The summed E-state index contributed by atoms with van der Waals surface area (Å²) in [4.78, 5) is 28.0. The van der Waals surface area contributed by atoms with Gasteiger partial charge in [-0.05, 0) is 18.4 Å². The number of hydrogen-bond donors (Lipinski definition) is 0. The van der Waals surface area contributed by atoms with Gasteiger partial charge in [-0.1, -0.05) is 6.07 Å². The van der Waals surface area contributed by atoms with Crippen LogP contribution in [-0.2, 0) is 16.2 Å². The summed E-state index contributed by atoms with van der Waals surface area (Å²) in [7, 11) is 0. The molecule has 5 heteroatoms. The number of nitrogens with zero attached hydrogens (tertiary/aromatic N) is 2. The third-order valence-electron chi connectivity index (χ3n) is 3.70. The second kappa shape index (κ2) is 4.24. The molecule has 0 unspecified atom stereocenters. The Morgan fingerprint density at radius 2 is 2.17 bits per heavy atom. The molecular formula is C13H16N2O3. The van der Waals surface area contributed by atoms with E-state index in [2.05, 4.69) is 0 Å². The molecule has 2 atom stereocenters. The van der Waals surface area contributed by atoms with Crippen LogP contribution in [0, 0.1) is 5.92 Å². The topological polar surface area (TPSA) is 51.5 Å². The van der Waals surface area contributed by atoms with Crippen molar-refractivity contribution in [2.45, 2.75) is 25.8 Å². The molecule has 0 saturated carbocycles. The van der Waals surface area contributed by atoms with Gasteiger partial charge in [-0.15, -0.1) is 5.06 Å². The second-order valence-electron chi connectivity index (χ2n) is 5.13. The number of rotatable bonds is 1. The van der Waals surface area contributed by atoms with Gasteiger partial charge >= 0.3 is 5.97 Å². The lowest BCUT2D eigenvalue weighted by atomic mass is 9.84. The molecule has 0 amide bonds. The van der Waals surface area contributed by atoms with Crippen molar-refractivity contribution in [3.8, 4) is 0 Å². The van der Waals surface area contributed by atoms with Crippen molar-refractivity contribution in [2.24, 2.45) is 5.92 Å². The molecule has 3 heterocycles. The molecule has 1 aromatic rings. The van der Waals surface area contributed by atoms with E-state index >= 15 is 0 Å². The largest absolute Gasteiger partial charge is 0.368 e. The summed E-state index contributed by atoms with van der Waals surface area (Å²) in [5.41, 5.74) is 1.14. The third-order valence-corrected chi connectivity index (χ3v) is 3.70. The number of aromatic nitrogens is 1. The first-order valence-electron chi connectivity index (χ1n) is 6.26. The lowest BCUT2D eigenvalue weighted by Gasteiger charge is -2.41. The minimum absolute atomic E-state index is 0.0723. The first-order chi connectivity index (χ1) is 8.63. The zero-order valence-corrected chi connectivity index (χ0v) is 10.3. The molecule has 3 rings (SSSR count). The number of pyridine rings is 1. The molecule has 1 saturated heterocycles. The highest BCUT2D eigenvalue weighted by Gasteiger charge is 2.35. The first-order valence-corrected chi connectivity index (χ1v) is 6.26. The molecule has 2 bridgehead atoms. The number of carbonyl (C=O) groups excluding carboxylic acids is 1. The van der Waals surface area contributed by atoms with E-state index in [0.717, 1.165) is 25.2 Å². The molecule has 2 aliphatic rings. The average molecular weight is 248 g/mol. The van der Waals surface area contributed by atoms with Crippen LogP contribution in [0.15, 0.2) is 23.0 Å². The van der Waals surface area contributed by atoms with Gasteiger partial charge in [-0.3, -0.25) is 9.59 Å². The van der Waals surface area contributed by atoms with E-state index in [-0.39, 0.29) is 17.4 Å². The Kier molecular flexibility index (Phi) is 2.70. The quantitative estimate of drug-likeness (QED) is 0.735. The summed E-state index contributed by atoms with van der Waals surface area (Å²) >= 11 is 0. The smallest absolute Gasteiger partial charge is 0.322 e. The first kappa shape index (κ1) is 11.5. The number of piperidine rings is 1. The molecule has 0 N–H and O–H groups in total. The molecule has 5 nitrogen and oxygen atoms in total. The van der Waals surface area contributed by atoms with Crippen molar-refractivity contribution >= 4 is 5.97 Å². The monoisotopic (exact) mass is 248 g/mol. The van der Waals surface area contributed by atoms with Gasteiger partial charge in [-0.25, -0.2) is 0 Å². The van der Waals surface area contributed by atoms with E-state index in [1.165, 1.54) is 6.92 Å². The van der Waals surface area contributed by atoms with Crippen molar-refractivity contribution in [3.63, 3.8) is 0 Å². The number of fused-ring (bicyclic) bond motifs is 4. The summed E-state index contributed by atoms with van der Waals surface area (Å²) in [6.45, 7) is 3.54. The zero-order chi connectivity index (χ0) is 12.7. The molecule has 0 aromatic carbocycles. The highest BCUT2D eigenvalue weighted by molar-refractivity contribution is 5.65. The minimum atomic E-state index is -0.277. The van der Waals surface area contributed by atoms with Gasteiger partial charge in [0.25, 0.3) is 5.56 Å². The van der Waals surface area contributed by atoms with Crippen molar-refractivity contribution in [1.29, 1.82) is 0 Å². The summed E-state index contributed by atoms with van der Waals surface area (Å²) in [6, 6.07) is 5.41. The number of hydrogen-bond acceptors (Lipinski definition) is 4. The van der Waals surface area contributed by atoms with Crippen molar-refractivity contribution in [2.75, 3.05) is 13.1 Å². The van der Waals surface area contributed by atoms with Crippen LogP contribution in [0.5, 0.6) is 0 Å². The van der Waals surface area contributed by atoms with Gasteiger partial charge in [-0.2, -0.15) is 0 Å². The van der Waals surface area contributed by atoms with Gasteiger partial charge in [0.1, 0.15) is 0 Å². The molecule has 96 valence electrons. The molecular weight excluding hydrogens is 232 g/mol.